The van der Waals surface area contributed by atoms with E-state index in [1.54, 1.807) is 9.58 Å². The van der Waals surface area contributed by atoms with Crippen molar-refractivity contribution < 1.29 is 4.79 Å². The van der Waals surface area contributed by atoms with E-state index >= 15 is 0 Å². The molecule has 0 saturated carbocycles. The van der Waals surface area contributed by atoms with Crippen molar-refractivity contribution in [2.24, 2.45) is 0 Å². The molecule has 146 valence electrons. The summed E-state index contributed by atoms with van der Waals surface area (Å²) in [5.74, 6) is -0.166. The van der Waals surface area contributed by atoms with Crippen LogP contribution in [0.5, 0.6) is 0 Å². The molecule has 7 nitrogen and oxygen atoms in total. The third kappa shape index (κ3) is 3.42. The van der Waals surface area contributed by atoms with Gasteiger partial charge in [-0.1, -0.05) is 36.4 Å². The summed E-state index contributed by atoms with van der Waals surface area (Å²) in [6.45, 7) is 4.31. The predicted molar refractivity (Wildman–Crippen MR) is 112 cm³/mol. The van der Waals surface area contributed by atoms with Crippen molar-refractivity contribution in [1.29, 1.82) is 0 Å². The van der Waals surface area contributed by atoms with Gasteiger partial charge in [0, 0.05) is 12.2 Å². The molecule has 0 saturated heterocycles. The van der Waals surface area contributed by atoms with Crippen LogP contribution in [0, 0.1) is 6.92 Å². The van der Waals surface area contributed by atoms with Crippen LogP contribution in [-0.2, 0) is 11.3 Å². The van der Waals surface area contributed by atoms with E-state index in [-0.39, 0.29) is 18.0 Å². The Kier molecular flexibility index (Phi) is 4.95. The smallest absolute Gasteiger partial charge is 0.264 e. The van der Waals surface area contributed by atoms with Crippen LogP contribution in [0.4, 0.5) is 5.69 Å². The molecule has 1 amide bonds. The molecular weight excluding hydrogens is 366 g/mol. The first kappa shape index (κ1) is 18.6. The van der Waals surface area contributed by atoms with E-state index in [4.69, 9.17) is 0 Å². The number of carbonyl (C=O) groups is 1. The summed E-state index contributed by atoms with van der Waals surface area (Å²) in [7, 11) is 0. The maximum absolute atomic E-state index is 12.9. The molecule has 2 aromatic heterocycles. The van der Waals surface area contributed by atoms with Gasteiger partial charge in [0.2, 0.25) is 5.91 Å². The largest absolute Gasteiger partial charge is 0.311 e. The number of rotatable bonds is 5. The molecule has 4 rings (SSSR count). The molecule has 0 aliphatic rings. The maximum Gasteiger partial charge on any atom is 0.264 e. The van der Waals surface area contributed by atoms with Crippen LogP contribution in [0.25, 0.3) is 16.7 Å². The SMILES string of the molecule is CCN(C(=O)Cn1cnc2c(cnn2-c2ccccc2)c1=O)c1ccccc1C. The molecule has 0 spiro atoms. The summed E-state index contributed by atoms with van der Waals surface area (Å²) in [5, 5.41) is 4.68. The Hall–Kier alpha value is -3.74. The zero-order chi connectivity index (χ0) is 20.4. The van der Waals surface area contributed by atoms with Gasteiger partial charge in [0.05, 0.1) is 11.9 Å². The summed E-state index contributed by atoms with van der Waals surface area (Å²) < 4.78 is 2.96. The predicted octanol–water partition coefficient (Wildman–Crippen LogP) is 2.94. The first-order chi connectivity index (χ1) is 14.1. The molecule has 0 aliphatic heterocycles. The van der Waals surface area contributed by atoms with Crippen molar-refractivity contribution in [2.45, 2.75) is 20.4 Å². The quantitative estimate of drug-likeness (QED) is 0.528. The number of amides is 1. The number of likely N-dealkylation sites (N-methyl/N-ethyl adjacent to an activating group) is 1. The number of nitrogens with zero attached hydrogens (tertiary/aromatic N) is 5. The van der Waals surface area contributed by atoms with Crippen molar-refractivity contribution in [3.8, 4) is 5.69 Å². The lowest BCUT2D eigenvalue weighted by atomic mass is 10.2. The number of aryl methyl sites for hydroxylation is 1. The summed E-state index contributed by atoms with van der Waals surface area (Å²) >= 11 is 0. The highest BCUT2D eigenvalue weighted by Crippen LogP contribution is 2.19. The maximum atomic E-state index is 12.9. The lowest BCUT2D eigenvalue weighted by molar-refractivity contribution is -0.119. The van der Waals surface area contributed by atoms with Gasteiger partial charge in [-0.3, -0.25) is 14.2 Å². The van der Waals surface area contributed by atoms with Crippen molar-refractivity contribution in [2.75, 3.05) is 11.4 Å². The molecule has 2 heterocycles. The third-order valence-corrected chi connectivity index (χ3v) is 4.88. The summed E-state index contributed by atoms with van der Waals surface area (Å²) in [5.41, 5.74) is 2.86. The number of carbonyl (C=O) groups excluding carboxylic acids is 1. The molecule has 0 radical (unpaired) electrons. The van der Waals surface area contributed by atoms with Crippen molar-refractivity contribution in [1.82, 2.24) is 19.3 Å². The van der Waals surface area contributed by atoms with Crippen LogP contribution in [0.1, 0.15) is 12.5 Å². The minimum atomic E-state index is -0.286. The van der Waals surface area contributed by atoms with Crippen LogP contribution >= 0.6 is 0 Å². The molecule has 0 fully saturated rings. The highest BCUT2D eigenvalue weighted by atomic mass is 16.2. The first-order valence-corrected chi connectivity index (χ1v) is 9.44. The molecule has 0 N–H and O–H groups in total. The van der Waals surface area contributed by atoms with E-state index in [0.717, 1.165) is 16.9 Å². The Morgan fingerprint density at radius 1 is 1.07 bits per heavy atom. The number of anilines is 1. The molecule has 0 atom stereocenters. The van der Waals surface area contributed by atoms with Crippen LogP contribution in [0.15, 0.2) is 71.9 Å². The van der Waals surface area contributed by atoms with Crippen molar-refractivity contribution in [3.63, 3.8) is 0 Å². The summed E-state index contributed by atoms with van der Waals surface area (Å²) in [6.07, 6.45) is 2.91. The Morgan fingerprint density at radius 3 is 2.52 bits per heavy atom. The van der Waals surface area contributed by atoms with Gasteiger partial charge in [-0.05, 0) is 37.6 Å². The van der Waals surface area contributed by atoms with Gasteiger partial charge in [-0.15, -0.1) is 0 Å². The fourth-order valence-electron chi connectivity index (χ4n) is 3.40. The second kappa shape index (κ2) is 7.71. The van der Waals surface area contributed by atoms with E-state index in [1.807, 2.05) is 68.4 Å². The fraction of sp³-hybridized carbons (Fsp3) is 0.182. The van der Waals surface area contributed by atoms with Crippen molar-refractivity contribution in [3.05, 3.63) is 83.0 Å². The Morgan fingerprint density at radius 2 is 1.79 bits per heavy atom. The normalized spacial score (nSPS) is 11.0. The zero-order valence-corrected chi connectivity index (χ0v) is 16.3. The zero-order valence-electron chi connectivity index (χ0n) is 16.3. The monoisotopic (exact) mass is 387 g/mol. The molecule has 4 aromatic rings. The standard InChI is InChI=1S/C22H21N5O2/c1-3-26(19-12-8-7-9-16(19)2)20(28)14-25-15-23-21-18(22(25)29)13-24-27(21)17-10-5-4-6-11-17/h4-13,15H,3,14H2,1-2H3. The molecule has 0 unspecified atom stereocenters. The van der Waals surface area contributed by atoms with E-state index in [0.29, 0.717) is 17.6 Å². The number of para-hydroxylation sites is 2. The van der Waals surface area contributed by atoms with Gasteiger partial charge >= 0.3 is 0 Å². The Balaban J connectivity index is 1.67. The van der Waals surface area contributed by atoms with E-state index in [9.17, 15) is 9.59 Å². The number of benzene rings is 2. The van der Waals surface area contributed by atoms with Gasteiger partial charge in [-0.25, -0.2) is 9.67 Å². The molecule has 29 heavy (non-hydrogen) atoms. The highest BCUT2D eigenvalue weighted by molar-refractivity contribution is 5.94. The van der Waals surface area contributed by atoms with Gasteiger partial charge in [0.25, 0.3) is 5.56 Å². The summed E-state index contributed by atoms with van der Waals surface area (Å²) in [6, 6.07) is 17.2. The van der Waals surface area contributed by atoms with Gasteiger partial charge < -0.3 is 4.90 Å². The molecular formula is C22H21N5O2. The fourth-order valence-corrected chi connectivity index (χ4v) is 3.40. The molecule has 0 aliphatic carbocycles. The minimum absolute atomic E-state index is 0.0829. The Labute approximate surface area is 167 Å². The lowest BCUT2D eigenvalue weighted by Gasteiger charge is -2.23. The second-order valence-electron chi connectivity index (χ2n) is 6.73. The van der Waals surface area contributed by atoms with Gasteiger partial charge in [0.1, 0.15) is 18.3 Å². The molecule has 2 aromatic carbocycles. The third-order valence-electron chi connectivity index (χ3n) is 4.88. The second-order valence-corrected chi connectivity index (χ2v) is 6.73. The van der Waals surface area contributed by atoms with Crippen LogP contribution < -0.4 is 10.5 Å². The van der Waals surface area contributed by atoms with Gasteiger partial charge in [0.15, 0.2) is 5.65 Å². The topological polar surface area (TPSA) is 73.0 Å². The van der Waals surface area contributed by atoms with E-state index in [2.05, 4.69) is 10.1 Å². The van der Waals surface area contributed by atoms with Crippen LogP contribution in [0.2, 0.25) is 0 Å². The first-order valence-electron chi connectivity index (χ1n) is 9.44. The number of aromatic nitrogens is 4. The highest BCUT2D eigenvalue weighted by Gasteiger charge is 2.18. The van der Waals surface area contributed by atoms with Crippen molar-refractivity contribution >= 4 is 22.6 Å². The molecule has 0 bridgehead atoms. The van der Waals surface area contributed by atoms with Crippen LogP contribution in [0.3, 0.4) is 0 Å². The average Bonchev–Trinajstić information content (AvgIpc) is 3.17. The lowest BCUT2D eigenvalue weighted by Crippen LogP contribution is -2.37. The Bertz CT molecular complexity index is 1230. The number of fused-ring (bicyclic) bond motifs is 1. The summed E-state index contributed by atoms with van der Waals surface area (Å²) in [4.78, 5) is 31.9. The number of hydrogen-bond acceptors (Lipinski definition) is 4. The van der Waals surface area contributed by atoms with E-state index in [1.165, 1.54) is 17.1 Å². The van der Waals surface area contributed by atoms with Crippen LogP contribution in [-0.4, -0.2) is 31.8 Å². The molecule has 7 heteroatoms. The van der Waals surface area contributed by atoms with Gasteiger partial charge in [-0.2, -0.15) is 5.10 Å². The number of hydrogen-bond donors (Lipinski definition) is 0. The van der Waals surface area contributed by atoms with E-state index < -0.39 is 0 Å². The average molecular weight is 387 g/mol. The minimum Gasteiger partial charge on any atom is -0.311 e.